The summed E-state index contributed by atoms with van der Waals surface area (Å²) in [5.41, 5.74) is -0.674. The number of aliphatic hydroxyl groups is 1. The first-order chi connectivity index (χ1) is 11.4. The van der Waals surface area contributed by atoms with Crippen molar-refractivity contribution in [2.24, 2.45) is 11.8 Å². The first-order valence-corrected chi connectivity index (χ1v) is 8.84. The number of hydrogen-bond donors (Lipinski definition) is 1. The molecule has 1 aromatic rings. The minimum Gasteiger partial charge on any atom is -0.494 e. The van der Waals surface area contributed by atoms with E-state index in [0.717, 1.165) is 37.8 Å². The van der Waals surface area contributed by atoms with Gasteiger partial charge in [-0.1, -0.05) is 31.7 Å². The van der Waals surface area contributed by atoms with Crippen LogP contribution in [0.1, 0.15) is 57.4 Å². The van der Waals surface area contributed by atoms with E-state index in [2.05, 4.69) is 0 Å². The van der Waals surface area contributed by atoms with E-state index in [1.54, 1.807) is 6.07 Å². The van der Waals surface area contributed by atoms with Gasteiger partial charge in [0.25, 0.3) is 0 Å². The van der Waals surface area contributed by atoms with Gasteiger partial charge in [0.2, 0.25) is 0 Å². The zero-order valence-corrected chi connectivity index (χ0v) is 14.2. The summed E-state index contributed by atoms with van der Waals surface area (Å²) >= 11 is 0. The van der Waals surface area contributed by atoms with Crippen LogP contribution < -0.4 is 4.74 Å². The van der Waals surface area contributed by atoms with Crippen LogP contribution in [0.15, 0.2) is 24.3 Å². The average Bonchev–Trinajstić information content (AvgIpc) is 2.93. The summed E-state index contributed by atoms with van der Waals surface area (Å²) in [5, 5.41) is 9.55. The van der Waals surface area contributed by atoms with E-state index in [1.165, 1.54) is 25.3 Å². The maximum Gasteiger partial charge on any atom is 0.416 e. The Bertz CT molecular complexity index is 500. The standard InChI is InChI=1S/C19H27F3O2/c1-14(23)12-16-8-4-7-15(16)6-2-3-11-24-18-10-5-9-17(13-18)19(20,21)22/h5,9-10,13-16,23H,2-4,6-8,11-12H2,1H3/t14?,15?,16-/m1/s1. The van der Waals surface area contributed by atoms with Crippen LogP contribution >= 0.6 is 0 Å². The van der Waals surface area contributed by atoms with E-state index in [4.69, 9.17) is 4.74 Å². The number of alkyl halides is 3. The lowest BCUT2D eigenvalue weighted by atomic mass is 9.87. The monoisotopic (exact) mass is 344 g/mol. The van der Waals surface area contributed by atoms with Gasteiger partial charge in [-0.25, -0.2) is 0 Å². The Morgan fingerprint density at radius 2 is 1.96 bits per heavy atom. The zero-order valence-electron chi connectivity index (χ0n) is 14.2. The lowest BCUT2D eigenvalue weighted by molar-refractivity contribution is -0.137. The van der Waals surface area contributed by atoms with Crippen LogP contribution in [0, 0.1) is 11.8 Å². The van der Waals surface area contributed by atoms with Crippen molar-refractivity contribution in [1.29, 1.82) is 0 Å². The lowest BCUT2D eigenvalue weighted by Crippen LogP contribution is -2.14. The predicted molar refractivity (Wildman–Crippen MR) is 87.9 cm³/mol. The minimum absolute atomic E-state index is 0.236. The van der Waals surface area contributed by atoms with Gasteiger partial charge in [-0.2, -0.15) is 13.2 Å². The second-order valence-electron chi connectivity index (χ2n) is 6.91. The summed E-state index contributed by atoms with van der Waals surface area (Å²) in [6.07, 6.45) is 2.95. The molecule has 1 fully saturated rings. The Morgan fingerprint density at radius 3 is 2.67 bits per heavy atom. The Hall–Kier alpha value is -1.23. The minimum atomic E-state index is -4.33. The van der Waals surface area contributed by atoms with Crippen molar-refractivity contribution >= 4 is 0 Å². The molecular formula is C19H27F3O2. The number of hydrogen-bond acceptors (Lipinski definition) is 2. The Labute approximate surface area is 142 Å². The summed E-state index contributed by atoms with van der Waals surface area (Å²) in [6, 6.07) is 5.03. The number of benzene rings is 1. The molecule has 1 aliphatic carbocycles. The number of aliphatic hydroxyl groups excluding tert-OH is 1. The Morgan fingerprint density at radius 1 is 1.21 bits per heavy atom. The van der Waals surface area contributed by atoms with Gasteiger partial charge in [-0.05, 0) is 56.2 Å². The van der Waals surface area contributed by atoms with Gasteiger partial charge in [0.1, 0.15) is 5.75 Å². The fraction of sp³-hybridized carbons (Fsp3) is 0.684. The van der Waals surface area contributed by atoms with Gasteiger partial charge in [-0.3, -0.25) is 0 Å². The van der Waals surface area contributed by atoms with E-state index >= 15 is 0 Å². The lowest BCUT2D eigenvalue weighted by Gasteiger charge is -2.20. The van der Waals surface area contributed by atoms with Crippen LogP contribution in [-0.4, -0.2) is 17.8 Å². The van der Waals surface area contributed by atoms with Crippen LogP contribution in [0.3, 0.4) is 0 Å². The Balaban J connectivity index is 1.68. The van der Waals surface area contributed by atoms with Crippen molar-refractivity contribution in [3.63, 3.8) is 0 Å². The smallest absolute Gasteiger partial charge is 0.416 e. The van der Waals surface area contributed by atoms with E-state index in [9.17, 15) is 18.3 Å². The van der Waals surface area contributed by atoms with Crippen molar-refractivity contribution in [2.75, 3.05) is 6.61 Å². The number of halogens is 3. The van der Waals surface area contributed by atoms with E-state index in [0.29, 0.717) is 18.4 Å². The average molecular weight is 344 g/mol. The van der Waals surface area contributed by atoms with Gasteiger partial charge >= 0.3 is 6.18 Å². The third-order valence-corrected chi connectivity index (χ3v) is 4.86. The molecule has 3 atom stereocenters. The van der Waals surface area contributed by atoms with Gasteiger partial charge in [0, 0.05) is 0 Å². The quantitative estimate of drug-likeness (QED) is 0.636. The maximum absolute atomic E-state index is 12.6. The molecule has 2 rings (SSSR count). The molecule has 1 N–H and O–H groups in total. The van der Waals surface area contributed by atoms with Crippen LogP contribution in [0.4, 0.5) is 13.2 Å². The van der Waals surface area contributed by atoms with Crippen molar-refractivity contribution < 1.29 is 23.0 Å². The normalized spacial score (nSPS) is 22.5. The highest BCUT2D eigenvalue weighted by molar-refractivity contribution is 5.30. The number of rotatable bonds is 8. The molecule has 0 saturated heterocycles. The second-order valence-corrected chi connectivity index (χ2v) is 6.91. The molecule has 1 saturated carbocycles. The summed E-state index contributed by atoms with van der Waals surface area (Å²) in [4.78, 5) is 0. The fourth-order valence-corrected chi connectivity index (χ4v) is 3.70. The largest absolute Gasteiger partial charge is 0.494 e. The third kappa shape index (κ3) is 6.00. The molecule has 136 valence electrons. The molecule has 5 heteroatoms. The van der Waals surface area contributed by atoms with Crippen molar-refractivity contribution in [3.05, 3.63) is 29.8 Å². The molecule has 1 aromatic carbocycles. The molecule has 1 aliphatic rings. The summed E-state index contributed by atoms with van der Waals surface area (Å²) in [7, 11) is 0. The van der Waals surface area contributed by atoms with Crippen LogP contribution in [0.25, 0.3) is 0 Å². The molecule has 0 amide bonds. The van der Waals surface area contributed by atoms with Crippen molar-refractivity contribution in [2.45, 2.75) is 64.1 Å². The molecule has 0 bridgehead atoms. The summed E-state index contributed by atoms with van der Waals surface area (Å²) in [6.45, 7) is 2.29. The van der Waals surface area contributed by atoms with Crippen molar-refractivity contribution in [1.82, 2.24) is 0 Å². The first kappa shape index (κ1) is 19.1. The predicted octanol–water partition coefficient (Wildman–Crippen LogP) is 5.44. The van der Waals surface area contributed by atoms with Crippen molar-refractivity contribution in [3.8, 4) is 5.75 Å². The van der Waals surface area contributed by atoms with E-state index in [-0.39, 0.29) is 11.9 Å². The SMILES string of the molecule is CC(O)C[C@H]1CCCC1CCCCOc1cccc(C(F)(F)F)c1. The molecule has 0 aliphatic heterocycles. The summed E-state index contributed by atoms with van der Waals surface area (Å²) in [5.74, 6) is 1.57. The Kier molecular flexibility index (Phi) is 6.96. The molecule has 0 spiro atoms. The van der Waals surface area contributed by atoms with Gasteiger partial charge in [0.05, 0.1) is 18.3 Å². The van der Waals surface area contributed by atoms with Gasteiger partial charge in [0.15, 0.2) is 0 Å². The maximum atomic E-state index is 12.6. The van der Waals surface area contributed by atoms with E-state index in [1.807, 2.05) is 6.92 Å². The molecule has 0 aromatic heterocycles. The first-order valence-electron chi connectivity index (χ1n) is 8.84. The van der Waals surface area contributed by atoms with Crippen LogP contribution in [-0.2, 0) is 6.18 Å². The molecule has 0 heterocycles. The van der Waals surface area contributed by atoms with Crippen LogP contribution in [0.5, 0.6) is 5.75 Å². The highest BCUT2D eigenvalue weighted by Gasteiger charge is 2.30. The molecule has 2 nitrogen and oxygen atoms in total. The highest BCUT2D eigenvalue weighted by Crippen LogP contribution is 2.38. The van der Waals surface area contributed by atoms with Gasteiger partial charge < -0.3 is 9.84 Å². The fourth-order valence-electron chi connectivity index (χ4n) is 3.70. The molecule has 24 heavy (non-hydrogen) atoms. The molecule has 2 unspecified atom stereocenters. The second kappa shape index (κ2) is 8.75. The van der Waals surface area contributed by atoms with E-state index < -0.39 is 11.7 Å². The number of unbranched alkanes of at least 4 members (excludes halogenated alkanes) is 1. The third-order valence-electron chi connectivity index (χ3n) is 4.86. The number of ether oxygens (including phenoxy) is 1. The van der Waals surface area contributed by atoms with Crippen LogP contribution in [0.2, 0.25) is 0 Å². The zero-order chi connectivity index (χ0) is 17.6. The topological polar surface area (TPSA) is 29.5 Å². The summed E-state index contributed by atoms with van der Waals surface area (Å²) < 4.78 is 43.4. The molecule has 0 radical (unpaired) electrons. The van der Waals surface area contributed by atoms with Gasteiger partial charge in [-0.15, -0.1) is 0 Å². The molecular weight excluding hydrogens is 317 g/mol. The highest BCUT2D eigenvalue weighted by atomic mass is 19.4.